The number of carbonyl (C=O) groups is 3. The van der Waals surface area contributed by atoms with Crippen molar-refractivity contribution in [3.63, 3.8) is 0 Å². The minimum absolute atomic E-state index is 0.193. The van der Waals surface area contributed by atoms with Gasteiger partial charge in [-0.15, -0.1) is 0 Å². The summed E-state index contributed by atoms with van der Waals surface area (Å²) in [6, 6.07) is 7.89. The van der Waals surface area contributed by atoms with Crippen LogP contribution in [-0.2, 0) is 19.1 Å². The van der Waals surface area contributed by atoms with Crippen molar-refractivity contribution >= 4 is 23.4 Å². The lowest BCUT2D eigenvalue weighted by Gasteiger charge is -2.42. The van der Waals surface area contributed by atoms with Crippen LogP contribution in [0.5, 0.6) is 0 Å². The fraction of sp³-hybridized carbons (Fsp3) is 0.536. The average Bonchev–Trinajstić information content (AvgIpc) is 3.15. The normalized spacial score (nSPS) is 32.8. The first-order chi connectivity index (χ1) is 17.2. The summed E-state index contributed by atoms with van der Waals surface area (Å²) >= 11 is 0. The van der Waals surface area contributed by atoms with Crippen LogP contribution in [0.1, 0.15) is 34.1 Å². The smallest absolute Gasteiger partial charge is 0.249 e. The first-order valence-corrected chi connectivity index (χ1v) is 12.8. The molecule has 2 fully saturated rings. The van der Waals surface area contributed by atoms with Gasteiger partial charge in [0.2, 0.25) is 17.7 Å². The number of hydrogen-bond acceptors (Lipinski definition) is 5. The number of anilines is 1. The van der Waals surface area contributed by atoms with E-state index in [1.807, 2.05) is 82.3 Å². The van der Waals surface area contributed by atoms with Gasteiger partial charge >= 0.3 is 0 Å². The fourth-order valence-electron chi connectivity index (χ4n) is 6.33. The van der Waals surface area contributed by atoms with Crippen LogP contribution in [0.4, 0.5) is 5.69 Å². The lowest BCUT2D eigenvalue weighted by atomic mass is 9.77. The molecule has 3 amide bonds. The number of carbonyl (C=O) groups excluding carboxylic acids is 3. The summed E-state index contributed by atoms with van der Waals surface area (Å²) in [6.45, 7) is 8.25. The van der Waals surface area contributed by atoms with Crippen LogP contribution in [0.15, 0.2) is 54.6 Å². The zero-order valence-corrected chi connectivity index (χ0v) is 21.3. The Labute approximate surface area is 212 Å². The second-order valence-electron chi connectivity index (χ2n) is 11.1. The van der Waals surface area contributed by atoms with Gasteiger partial charge in [0.05, 0.1) is 30.6 Å². The Kier molecular flexibility index (Phi) is 6.08. The molecular formula is C28H35N3O5. The monoisotopic (exact) mass is 493 g/mol. The molecule has 6 atom stereocenters. The van der Waals surface area contributed by atoms with Gasteiger partial charge in [0.1, 0.15) is 11.6 Å². The molecule has 8 nitrogen and oxygen atoms in total. The maximum atomic E-state index is 14.2. The van der Waals surface area contributed by atoms with Crippen molar-refractivity contribution in [2.45, 2.75) is 63.4 Å². The number of likely N-dealkylation sites (tertiary alicyclic amines) is 1. The zero-order chi connectivity index (χ0) is 25.8. The highest BCUT2D eigenvalue weighted by Gasteiger charge is 2.72. The number of hydrogen-bond donors (Lipinski definition) is 1. The SMILES string of the molecule is CC[C@@H](CO)N1C(=O)[C@@H]2[C@H]3C(=O)N(c4ccccc4)CC=C[C@H]3O[C@@]23C=CCN(C(C)(C)C)C(=O)C13. The molecule has 0 bridgehead atoms. The van der Waals surface area contributed by atoms with E-state index in [9.17, 15) is 19.5 Å². The maximum absolute atomic E-state index is 14.2. The lowest BCUT2D eigenvalue weighted by Crippen LogP contribution is -2.60. The lowest BCUT2D eigenvalue weighted by molar-refractivity contribution is -0.153. The second kappa shape index (κ2) is 8.85. The van der Waals surface area contributed by atoms with Crippen molar-refractivity contribution in [3.8, 4) is 0 Å². The van der Waals surface area contributed by atoms with Crippen LogP contribution in [0.25, 0.3) is 0 Å². The zero-order valence-electron chi connectivity index (χ0n) is 21.3. The maximum Gasteiger partial charge on any atom is 0.249 e. The molecule has 0 aromatic heterocycles. The minimum atomic E-state index is -1.29. The Balaban J connectivity index is 1.64. The summed E-state index contributed by atoms with van der Waals surface area (Å²) in [5.41, 5.74) is -1.02. The van der Waals surface area contributed by atoms with Crippen molar-refractivity contribution in [2.75, 3.05) is 24.6 Å². The molecule has 0 aliphatic carbocycles. The number of amides is 3. The van der Waals surface area contributed by atoms with Crippen LogP contribution in [0.2, 0.25) is 0 Å². The van der Waals surface area contributed by atoms with Crippen LogP contribution in [0.3, 0.4) is 0 Å². The Morgan fingerprint density at radius 3 is 2.42 bits per heavy atom. The van der Waals surface area contributed by atoms with Crippen molar-refractivity contribution in [2.24, 2.45) is 11.8 Å². The van der Waals surface area contributed by atoms with Crippen molar-refractivity contribution in [1.82, 2.24) is 9.80 Å². The summed E-state index contributed by atoms with van der Waals surface area (Å²) in [7, 11) is 0. The molecule has 2 saturated heterocycles. The first kappa shape index (κ1) is 24.7. The van der Waals surface area contributed by atoms with Gasteiger partial charge in [-0.3, -0.25) is 14.4 Å². The van der Waals surface area contributed by atoms with Crippen LogP contribution in [-0.4, -0.2) is 81.7 Å². The third kappa shape index (κ3) is 3.53. The van der Waals surface area contributed by atoms with E-state index in [1.165, 1.54) is 4.90 Å². The number of rotatable bonds is 4. The topological polar surface area (TPSA) is 90.4 Å². The largest absolute Gasteiger partial charge is 0.394 e. The minimum Gasteiger partial charge on any atom is -0.394 e. The van der Waals surface area contributed by atoms with Crippen LogP contribution in [0, 0.1) is 11.8 Å². The molecule has 5 rings (SSSR count). The van der Waals surface area contributed by atoms with Crippen LogP contribution < -0.4 is 4.90 Å². The first-order valence-electron chi connectivity index (χ1n) is 12.8. The molecule has 0 radical (unpaired) electrons. The molecule has 4 aliphatic rings. The van der Waals surface area contributed by atoms with E-state index in [2.05, 4.69) is 0 Å². The van der Waals surface area contributed by atoms with Gasteiger partial charge in [0.25, 0.3) is 0 Å². The van der Waals surface area contributed by atoms with Crippen molar-refractivity contribution in [3.05, 3.63) is 54.6 Å². The number of aliphatic hydroxyl groups excluding tert-OH is 1. The predicted molar refractivity (Wildman–Crippen MR) is 135 cm³/mol. The van der Waals surface area contributed by atoms with Gasteiger partial charge in [0.15, 0.2) is 0 Å². The van der Waals surface area contributed by atoms with Gasteiger partial charge in [-0.05, 0) is 39.3 Å². The van der Waals surface area contributed by atoms with E-state index in [0.717, 1.165) is 5.69 Å². The van der Waals surface area contributed by atoms with Gasteiger partial charge in [-0.1, -0.05) is 49.4 Å². The quantitative estimate of drug-likeness (QED) is 0.649. The number of benzene rings is 1. The molecule has 192 valence electrons. The Hall–Kier alpha value is -2.97. The van der Waals surface area contributed by atoms with E-state index in [4.69, 9.17) is 4.74 Å². The van der Waals surface area contributed by atoms with Crippen molar-refractivity contribution < 1.29 is 24.2 Å². The summed E-state index contributed by atoms with van der Waals surface area (Å²) in [5, 5.41) is 10.2. The summed E-state index contributed by atoms with van der Waals surface area (Å²) in [5.74, 6) is -2.36. The predicted octanol–water partition coefficient (Wildman–Crippen LogP) is 2.14. The van der Waals surface area contributed by atoms with Crippen LogP contribution >= 0.6 is 0 Å². The molecule has 36 heavy (non-hydrogen) atoms. The third-order valence-electron chi connectivity index (χ3n) is 8.05. The molecule has 1 spiro atoms. The summed E-state index contributed by atoms with van der Waals surface area (Å²) in [6.07, 6.45) is 7.35. The molecule has 4 heterocycles. The average molecular weight is 494 g/mol. The Morgan fingerprint density at radius 2 is 1.78 bits per heavy atom. The van der Waals surface area contributed by atoms with E-state index < -0.39 is 41.2 Å². The van der Waals surface area contributed by atoms with E-state index in [0.29, 0.717) is 19.5 Å². The number of nitrogens with zero attached hydrogens (tertiary/aromatic N) is 3. The molecular weight excluding hydrogens is 458 g/mol. The number of ether oxygens (including phenoxy) is 1. The molecule has 1 aromatic rings. The van der Waals surface area contributed by atoms with E-state index in [1.54, 1.807) is 9.80 Å². The van der Waals surface area contributed by atoms with Gasteiger partial charge < -0.3 is 24.5 Å². The molecule has 4 aliphatic heterocycles. The number of aliphatic hydroxyl groups is 1. The van der Waals surface area contributed by atoms with E-state index in [-0.39, 0.29) is 24.3 Å². The third-order valence-corrected chi connectivity index (χ3v) is 8.05. The molecule has 1 N–H and O–H groups in total. The van der Waals surface area contributed by atoms with Gasteiger partial charge in [0, 0.05) is 24.3 Å². The van der Waals surface area contributed by atoms with Crippen molar-refractivity contribution in [1.29, 1.82) is 0 Å². The fourth-order valence-corrected chi connectivity index (χ4v) is 6.33. The second-order valence-corrected chi connectivity index (χ2v) is 11.1. The summed E-state index contributed by atoms with van der Waals surface area (Å²) in [4.78, 5) is 47.4. The highest BCUT2D eigenvalue weighted by molar-refractivity contribution is 6.04. The number of fused-ring (bicyclic) bond motifs is 2. The number of para-hydroxylation sites is 1. The molecule has 0 saturated carbocycles. The highest BCUT2D eigenvalue weighted by atomic mass is 16.5. The molecule has 8 heteroatoms. The van der Waals surface area contributed by atoms with E-state index >= 15 is 0 Å². The standard InChI is InChI=1S/C28H35N3O5/c1-5-18(17-32)31-23-26(35)30(27(2,3)4)16-10-14-28(23)22(25(31)34)21-20(36-28)13-9-15-29(24(21)33)19-11-7-6-8-12-19/h6-14,18,20-23,32H,5,15-17H2,1-4H3/t18-,20+,21-,22-,23?,28-/m0/s1. The van der Waals surface area contributed by atoms with Gasteiger partial charge in [-0.2, -0.15) is 0 Å². The summed E-state index contributed by atoms with van der Waals surface area (Å²) < 4.78 is 6.65. The molecule has 1 aromatic carbocycles. The molecule has 1 unspecified atom stereocenters. The van der Waals surface area contributed by atoms with Gasteiger partial charge in [-0.25, -0.2) is 0 Å². The Bertz CT molecular complexity index is 1110. The highest BCUT2D eigenvalue weighted by Crippen LogP contribution is 2.54. The Morgan fingerprint density at radius 1 is 1.06 bits per heavy atom.